The Balaban J connectivity index is 0.00000173. The maximum Gasteiger partial charge on any atom is 0.251 e. The van der Waals surface area contributed by atoms with Gasteiger partial charge >= 0.3 is 0 Å². The van der Waals surface area contributed by atoms with Crippen LogP contribution in [-0.2, 0) is 29.1 Å². The first-order valence-electron chi connectivity index (χ1n) is 17.4. The van der Waals surface area contributed by atoms with Gasteiger partial charge in [0.15, 0.2) is 0 Å². The van der Waals surface area contributed by atoms with Gasteiger partial charge in [0.05, 0.1) is 18.3 Å². The maximum absolute atomic E-state index is 12.6. The zero-order valence-corrected chi connectivity index (χ0v) is 30.8. The molecule has 4 rings (SSSR count). The Labute approximate surface area is 304 Å². The number of rotatable bonds is 15. The first kappa shape index (κ1) is 43.7. The van der Waals surface area contributed by atoms with Crippen LogP contribution in [0.5, 0.6) is 0 Å². The topological polar surface area (TPSA) is 160 Å². The number of carbonyl (C=O) groups is 3. The molecular formula is C41H57N7O3. The number of amides is 2. The number of hydrogen-bond acceptors (Lipinski definition) is 8. The highest BCUT2D eigenvalue weighted by Crippen LogP contribution is 2.15. The average molecular weight is 696 g/mol. The molecule has 1 atom stereocenters. The van der Waals surface area contributed by atoms with E-state index in [2.05, 4.69) is 59.4 Å². The van der Waals surface area contributed by atoms with E-state index in [1.165, 1.54) is 29.6 Å². The Morgan fingerprint density at radius 1 is 0.745 bits per heavy atom. The van der Waals surface area contributed by atoms with Crippen molar-refractivity contribution in [3.05, 3.63) is 149 Å². The third-order valence-corrected chi connectivity index (χ3v) is 6.86. The second-order valence-corrected chi connectivity index (χ2v) is 11.2. The molecule has 10 nitrogen and oxygen atoms in total. The summed E-state index contributed by atoms with van der Waals surface area (Å²) in [5, 5.41) is 6.64. The molecule has 0 saturated carbocycles. The van der Waals surface area contributed by atoms with Crippen molar-refractivity contribution in [2.45, 2.75) is 59.7 Å². The van der Waals surface area contributed by atoms with Crippen LogP contribution in [-0.4, -0.2) is 49.2 Å². The molecule has 8 N–H and O–H groups in total. The van der Waals surface area contributed by atoms with Gasteiger partial charge < -0.3 is 26.9 Å². The number of anilines is 1. The lowest BCUT2D eigenvalue weighted by atomic mass is 10.1. The van der Waals surface area contributed by atoms with Crippen LogP contribution in [0.3, 0.4) is 0 Å². The summed E-state index contributed by atoms with van der Waals surface area (Å²) < 4.78 is 0. The lowest BCUT2D eigenvalue weighted by Crippen LogP contribution is -2.43. The predicted octanol–water partition coefficient (Wildman–Crippen LogP) is 5.54. The molecule has 51 heavy (non-hydrogen) atoms. The molecule has 0 saturated heterocycles. The van der Waals surface area contributed by atoms with Gasteiger partial charge in [0.2, 0.25) is 5.91 Å². The second-order valence-electron chi connectivity index (χ2n) is 11.2. The SMILES string of the molecule is CC.CCC.CN.N/C(=C\N(N)c1ccc(C(=O)NCC(=O)N[C@H](C=O)Cc2ccccc2)cc1)CN(Cc1ccccc1)Cc1ccccc1. The minimum absolute atomic E-state index is 0.259. The molecule has 0 aliphatic rings. The van der Waals surface area contributed by atoms with E-state index in [9.17, 15) is 14.4 Å². The van der Waals surface area contributed by atoms with Crippen LogP contribution in [0.15, 0.2) is 127 Å². The van der Waals surface area contributed by atoms with Crippen LogP contribution in [0.2, 0.25) is 0 Å². The smallest absolute Gasteiger partial charge is 0.251 e. The summed E-state index contributed by atoms with van der Waals surface area (Å²) in [7, 11) is 1.50. The molecular weight excluding hydrogens is 638 g/mol. The van der Waals surface area contributed by atoms with E-state index in [0.29, 0.717) is 36.2 Å². The van der Waals surface area contributed by atoms with Gasteiger partial charge in [-0.15, -0.1) is 0 Å². The number of nitrogens with two attached hydrogens (primary N) is 3. The Bertz CT molecular complexity index is 1490. The van der Waals surface area contributed by atoms with Gasteiger partial charge in [-0.1, -0.05) is 125 Å². The molecule has 4 aromatic rings. The summed E-state index contributed by atoms with van der Waals surface area (Å²) in [5.74, 6) is 5.42. The standard InChI is InChI=1S/C35H38N6O3.C3H8.C2H6.CH5N/c36-31(24-40(22-28-12-6-2-7-13-28)23-29-14-8-3-9-15-29)25-41(37)33-18-16-30(17-19-33)35(44)38-21-34(43)39-32(26-42)20-27-10-4-1-5-11-27;1-3-2;2*1-2/h1-19,25-26,32H,20-24,36-37H2,(H,38,44)(H,39,43);3H2,1-2H3;1-2H3;2H2,1H3/b31-25-;;;/t32-;;;/m0.../s1. The molecule has 0 aliphatic heterocycles. The lowest BCUT2D eigenvalue weighted by Gasteiger charge is -2.24. The monoisotopic (exact) mass is 695 g/mol. The Kier molecular flexibility index (Phi) is 22.8. The van der Waals surface area contributed by atoms with E-state index >= 15 is 0 Å². The highest BCUT2D eigenvalue weighted by atomic mass is 16.2. The second kappa shape index (κ2) is 26.6. The van der Waals surface area contributed by atoms with Crippen molar-refractivity contribution in [2.75, 3.05) is 25.1 Å². The zero-order valence-electron chi connectivity index (χ0n) is 30.8. The molecule has 0 aliphatic carbocycles. The third-order valence-electron chi connectivity index (χ3n) is 6.86. The number of nitrogens with zero attached hydrogens (tertiary/aromatic N) is 2. The molecule has 0 bridgehead atoms. The van der Waals surface area contributed by atoms with E-state index in [-0.39, 0.29) is 6.54 Å². The number of carbonyl (C=O) groups excluding carboxylic acids is 3. The molecule has 274 valence electrons. The highest BCUT2D eigenvalue weighted by molar-refractivity contribution is 5.97. The number of benzene rings is 4. The Morgan fingerprint density at radius 3 is 1.65 bits per heavy atom. The normalized spacial score (nSPS) is 10.9. The van der Waals surface area contributed by atoms with Gasteiger partial charge in [-0.3, -0.25) is 19.5 Å². The van der Waals surface area contributed by atoms with Crippen LogP contribution in [0, 0.1) is 0 Å². The van der Waals surface area contributed by atoms with Crippen LogP contribution in [0.4, 0.5) is 5.69 Å². The highest BCUT2D eigenvalue weighted by Gasteiger charge is 2.14. The molecule has 0 radical (unpaired) electrons. The summed E-state index contributed by atoms with van der Waals surface area (Å²) in [6.45, 7) is 9.93. The fourth-order valence-electron chi connectivity index (χ4n) is 4.71. The maximum atomic E-state index is 12.6. The number of hydrazine groups is 1. The van der Waals surface area contributed by atoms with E-state index in [1.54, 1.807) is 30.5 Å². The number of nitrogens with one attached hydrogen (secondary N) is 2. The van der Waals surface area contributed by atoms with Gasteiger partial charge in [-0.05, 0) is 54.4 Å². The summed E-state index contributed by atoms with van der Waals surface area (Å²) in [4.78, 5) is 38.6. The molecule has 10 heteroatoms. The summed E-state index contributed by atoms with van der Waals surface area (Å²) in [6, 6.07) is 35.8. The minimum atomic E-state index is -0.680. The van der Waals surface area contributed by atoms with Crippen LogP contribution < -0.4 is 33.0 Å². The van der Waals surface area contributed by atoms with E-state index < -0.39 is 17.9 Å². The minimum Gasteiger partial charge on any atom is -0.400 e. The quantitative estimate of drug-likeness (QED) is 0.0616. The lowest BCUT2D eigenvalue weighted by molar-refractivity contribution is -0.123. The molecule has 0 unspecified atom stereocenters. The van der Waals surface area contributed by atoms with Crippen molar-refractivity contribution in [1.29, 1.82) is 0 Å². The largest absolute Gasteiger partial charge is 0.400 e. The van der Waals surface area contributed by atoms with Crippen LogP contribution >= 0.6 is 0 Å². The van der Waals surface area contributed by atoms with E-state index in [0.717, 1.165) is 18.7 Å². The van der Waals surface area contributed by atoms with Crippen molar-refractivity contribution >= 4 is 23.8 Å². The molecule has 4 aromatic carbocycles. The molecule has 0 spiro atoms. The van der Waals surface area contributed by atoms with Gasteiger partial charge in [-0.25, -0.2) is 5.84 Å². The van der Waals surface area contributed by atoms with Crippen molar-refractivity contribution < 1.29 is 14.4 Å². The van der Waals surface area contributed by atoms with E-state index in [4.69, 9.17) is 11.6 Å². The molecule has 0 heterocycles. The average Bonchev–Trinajstić information content (AvgIpc) is 3.16. The van der Waals surface area contributed by atoms with E-state index in [1.807, 2.05) is 80.6 Å². The molecule has 0 aromatic heterocycles. The fraction of sp³-hybridized carbons (Fsp3) is 0.293. The van der Waals surface area contributed by atoms with Crippen LogP contribution in [0.25, 0.3) is 0 Å². The third kappa shape index (κ3) is 17.8. The first-order chi connectivity index (χ1) is 24.8. The molecule has 2 amide bonds. The van der Waals surface area contributed by atoms with Crippen molar-refractivity contribution in [3.8, 4) is 0 Å². The summed E-state index contributed by atoms with van der Waals surface area (Å²) in [6.07, 6.45) is 3.98. The Morgan fingerprint density at radius 2 is 1.20 bits per heavy atom. The Hall–Kier alpha value is -5.29. The first-order valence-corrected chi connectivity index (χ1v) is 17.4. The van der Waals surface area contributed by atoms with Crippen molar-refractivity contribution in [2.24, 2.45) is 17.3 Å². The summed E-state index contributed by atoms with van der Waals surface area (Å²) in [5.41, 5.74) is 15.8. The fourth-order valence-corrected chi connectivity index (χ4v) is 4.71. The van der Waals surface area contributed by atoms with Crippen LogP contribution in [0.1, 0.15) is 61.2 Å². The van der Waals surface area contributed by atoms with Gasteiger partial charge in [0, 0.05) is 37.1 Å². The summed E-state index contributed by atoms with van der Waals surface area (Å²) >= 11 is 0. The molecule has 0 fully saturated rings. The van der Waals surface area contributed by atoms with Crippen molar-refractivity contribution in [1.82, 2.24) is 15.5 Å². The zero-order chi connectivity index (χ0) is 37.9. The van der Waals surface area contributed by atoms with Crippen molar-refractivity contribution in [3.63, 3.8) is 0 Å². The predicted molar refractivity (Wildman–Crippen MR) is 210 cm³/mol. The van der Waals surface area contributed by atoms with Gasteiger partial charge in [0.25, 0.3) is 5.91 Å². The number of aldehydes is 1. The number of hydrogen-bond donors (Lipinski definition) is 5. The van der Waals surface area contributed by atoms with Gasteiger partial charge in [0.1, 0.15) is 6.29 Å². The van der Waals surface area contributed by atoms with Gasteiger partial charge in [-0.2, -0.15) is 0 Å².